The summed E-state index contributed by atoms with van der Waals surface area (Å²) in [6.07, 6.45) is -3.84. The maximum atomic E-state index is 14.0. The van der Waals surface area contributed by atoms with Gasteiger partial charge in [0.25, 0.3) is 0 Å². The highest BCUT2D eigenvalue weighted by atomic mass is 19.4. The van der Waals surface area contributed by atoms with Crippen molar-refractivity contribution in [3.63, 3.8) is 0 Å². The lowest BCUT2D eigenvalue weighted by molar-refractivity contribution is -0.231. The second kappa shape index (κ2) is 8.58. The van der Waals surface area contributed by atoms with Gasteiger partial charge >= 0.3 is 6.18 Å². The van der Waals surface area contributed by atoms with Crippen molar-refractivity contribution in [1.82, 2.24) is 9.97 Å². The fraction of sp³-hybridized carbons (Fsp3) is 0.318. The first kappa shape index (κ1) is 22.6. The number of benzene rings is 2. The average Bonchev–Trinajstić information content (AvgIpc) is 2.70. The standard InChI is InChI=1S/C22H21F4N3O2/c1-13(15-6-4-7-17(23)20(15)31-3)10-21(30,22(24,25)26)12-28-18-8-5-9-19-16(18)11-27-14(2)29-19/h4-9,11-13,30H,10H2,1-3H3/t13-,21+/m0/s1. The van der Waals surface area contributed by atoms with E-state index in [1.165, 1.54) is 38.4 Å². The van der Waals surface area contributed by atoms with Gasteiger partial charge in [0.2, 0.25) is 0 Å². The van der Waals surface area contributed by atoms with E-state index in [4.69, 9.17) is 4.74 Å². The molecule has 0 radical (unpaired) electrons. The van der Waals surface area contributed by atoms with Crippen LogP contribution in [0, 0.1) is 12.7 Å². The van der Waals surface area contributed by atoms with Crippen LogP contribution < -0.4 is 4.74 Å². The summed E-state index contributed by atoms with van der Waals surface area (Å²) < 4.78 is 60.5. The Morgan fingerprint density at radius 2 is 1.90 bits per heavy atom. The first-order valence-corrected chi connectivity index (χ1v) is 9.45. The summed E-state index contributed by atoms with van der Waals surface area (Å²) in [6, 6.07) is 8.79. The zero-order valence-corrected chi connectivity index (χ0v) is 17.1. The van der Waals surface area contributed by atoms with Gasteiger partial charge in [-0.2, -0.15) is 13.2 Å². The molecule has 0 aliphatic carbocycles. The number of aliphatic hydroxyl groups is 1. The number of methoxy groups -OCH3 is 1. The van der Waals surface area contributed by atoms with E-state index in [2.05, 4.69) is 15.0 Å². The molecule has 9 heteroatoms. The predicted molar refractivity (Wildman–Crippen MR) is 109 cm³/mol. The third-order valence-electron chi connectivity index (χ3n) is 4.98. The number of halogens is 4. The Balaban J connectivity index is 1.98. The normalized spacial score (nSPS) is 15.2. The molecule has 2 atom stereocenters. The van der Waals surface area contributed by atoms with Gasteiger partial charge in [-0.15, -0.1) is 0 Å². The van der Waals surface area contributed by atoms with Crippen molar-refractivity contribution in [2.75, 3.05) is 7.11 Å². The quantitative estimate of drug-likeness (QED) is 0.423. The molecule has 164 valence electrons. The topological polar surface area (TPSA) is 67.6 Å². The van der Waals surface area contributed by atoms with Crippen molar-refractivity contribution in [1.29, 1.82) is 0 Å². The molecule has 0 bridgehead atoms. The van der Waals surface area contributed by atoms with Crippen LogP contribution in [0.15, 0.2) is 47.6 Å². The van der Waals surface area contributed by atoms with E-state index in [9.17, 15) is 22.7 Å². The molecule has 0 saturated carbocycles. The van der Waals surface area contributed by atoms with E-state index < -0.39 is 29.9 Å². The Morgan fingerprint density at radius 3 is 2.58 bits per heavy atom. The minimum Gasteiger partial charge on any atom is -0.493 e. The lowest BCUT2D eigenvalue weighted by atomic mass is 9.86. The fourth-order valence-electron chi connectivity index (χ4n) is 3.37. The maximum Gasteiger partial charge on any atom is 0.422 e. The lowest BCUT2D eigenvalue weighted by Crippen LogP contribution is -2.47. The number of nitrogens with zero attached hydrogens (tertiary/aromatic N) is 3. The number of aliphatic imine (C=N–C) groups is 1. The molecular weight excluding hydrogens is 414 g/mol. The third kappa shape index (κ3) is 4.66. The van der Waals surface area contributed by atoms with E-state index in [1.807, 2.05) is 0 Å². The van der Waals surface area contributed by atoms with Gasteiger partial charge in [0.1, 0.15) is 5.82 Å². The van der Waals surface area contributed by atoms with E-state index in [0.29, 0.717) is 22.9 Å². The number of hydrogen-bond donors (Lipinski definition) is 1. The molecule has 0 saturated heterocycles. The fourth-order valence-corrected chi connectivity index (χ4v) is 3.37. The molecular formula is C22H21F4N3O2. The highest BCUT2D eigenvalue weighted by Crippen LogP contribution is 2.40. The van der Waals surface area contributed by atoms with Crippen LogP contribution in [-0.4, -0.2) is 40.2 Å². The predicted octanol–water partition coefficient (Wildman–Crippen LogP) is 5.28. The summed E-state index contributed by atoms with van der Waals surface area (Å²) in [5, 5.41) is 11.0. The monoisotopic (exact) mass is 435 g/mol. The first-order valence-electron chi connectivity index (χ1n) is 9.45. The van der Waals surface area contributed by atoms with E-state index in [-0.39, 0.29) is 17.0 Å². The van der Waals surface area contributed by atoms with Crippen LogP contribution in [0.25, 0.3) is 10.9 Å². The molecule has 5 nitrogen and oxygen atoms in total. The van der Waals surface area contributed by atoms with Crippen LogP contribution in [0.5, 0.6) is 5.75 Å². The molecule has 0 aliphatic rings. The van der Waals surface area contributed by atoms with Crippen LogP contribution in [0.3, 0.4) is 0 Å². The van der Waals surface area contributed by atoms with Crippen LogP contribution in [0.1, 0.15) is 30.7 Å². The molecule has 2 aromatic carbocycles. The number of aryl methyl sites for hydroxylation is 1. The molecule has 31 heavy (non-hydrogen) atoms. The van der Waals surface area contributed by atoms with Gasteiger partial charge in [-0.25, -0.2) is 14.4 Å². The lowest BCUT2D eigenvalue weighted by Gasteiger charge is -2.30. The molecule has 0 aliphatic heterocycles. The van der Waals surface area contributed by atoms with Crippen molar-refractivity contribution >= 4 is 22.8 Å². The number of ether oxygens (including phenoxy) is 1. The molecule has 1 heterocycles. The molecule has 0 unspecified atom stereocenters. The first-order chi connectivity index (χ1) is 14.6. The Bertz CT molecular complexity index is 1120. The van der Waals surface area contributed by atoms with Crippen LogP contribution in [0.4, 0.5) is 23.2 Å². The van der Waals surface area contributed by atoms with Gasteiger partial charge in [0, 0.05) is 23.4 Å². The minimum absolute atomic E-state index is 0.155. The second-order valence-corrected chi connectivity index (χ2v) is 7.27. The Labute approximate surface area is 176 Å². The number of hydrogen-bond acceptors (Lipinski definition) is 5. The molecule has 0 amide bonds. The molecule has 1 N–H and O–H groups in total. The number of alkyl halides is 3. The summed E-state index contributed by atoms with van der Waals surface area (Å²) in [4.78, 5) is 12.2. The molecule has 0 fully saturated rings. The Kier molecular flexibility index (Phi) is 6.26. The van der Waals surface area contributed by atoms with Gasteiger partial charge in [-0.05, 0) is 37.5 Å². The van der Waals surface area contributed by atoms with Gasteiger partial charge in [0.05, 0.1) is 18.3 Å². The van der Waals surface area contributed by atoms with Crippen LogP contribution in [0.2, 0.25) is 0 Å². The summed E-state index contributed by atoms with van der Waals surface area (Å²) >= 11 is 0. The van der Waals surface area contributed by atoms with Gasteiger partial charge < -0.3 is 9.84 Å². The number of rotatable bonds is 6. The SMILES string of the molecule is COc1c(F)cccc1[C@@H](C)C[C@@](O)(C=Nc1cccc2nc(C)ncc12)C(F)(F)F. The van der Waals surface area contributed by atoms with E-state index in [0.717, 1.165) is 6.07 Å². The van der Waals surface area contributed by atoms with Crippen molar-refractivity contribution in [3.05, 3.63) is 59.8 Å². The Hall–Kier alpha value is -3.07. The van der Waals surface area contributed by atoms with E-state index in [1.54, 1.807) is 19.1 Å². The Morgan fingerprint density at radius 1 is 1.19 bits per heavy atom. The van der Waals surface area contributed by atoms with Crippen molar-refractivity contribution in [2.24, 2.45) is 4.99 Å². The molecule has 0 spiro atoms. The molecule has 3 aromatic rings. The summed E-state index contributed by atoms with van der Waals surface area (Å²) in [5.41, 5.74) is -2.32. The number of para-hydroxylation sites is 1. The molecule has 3 rings (SSSR count). The zero-order chi connectivity index (χ0) is 22.8. The van der Waals surface area contributed by atoms with Crippen LogP contribution >= 0.6 is 0 Å². The summed E-state index contributed by atoms with van der Waals surface area (Å²) in [5.74, 6) is -1.22. The number of aromatic nitrogens is 2. The average molecular weight is 435 g/mol. The van der Waals surface area contributed by atoms with Crippen molar-refractivity contribution < 1.29 is 27.4 Å². The molecule has 1 aromatic heterocycles. The van der Waals surface area contributed by atoms with Gasteiger partial charge in [-0.1, -0.05) is 25.1 Å². The smallest absolute Gasteiger partial charge is 0.422 e. The van der Waals surface area contributed by atoms with Crippen molar-refractivity contribution in [3.8, 4) is 5.75 Å². The van der Waals surface area contributed by atoms with Crippen molar-refractivity contribution in [2.45, 2.75) is 38.0 Å². The minimum atomic E-state index is -5.01. The third-order valence-corrected chi connectivity index (χ3v) is 4.98. The number of fused-ring (bicyclic) bond motifs is 1. The highest BCUT2D eigenvalue weighted by Gasteiger charge is 2.53. The van der Waals surface area contributed by atoms with Gasteiger partial charge in [-0.3, -0.25) is 4.99 Å². The summed E-state index contributed by atoms with van der Waals surface area (Å²) in [7, 11) is 1.23. The highest BCUT2D eigenvalue weighted by molar-refractivity contribution is 5.91. The van der Waals surface area contributed by atoms with Crippen LogP contribution in [-0.2, 0) is 0 Å². The summed E-state index contributed by atoms with van der Waals surface area (Å²) in [6.45, 7) is 3.15. The largest absolute Gasteiger partial charge is 0.493 e. The second-order valence-electron chi connectivity index (χ2n) is 7.27. The van der Waals surface area contributed by atoms with E-state index >= 15 is 0 Å². The zero-order valence-electron chi connectivity index (χ0n) is 17.1. The maximum absolute atomic E-state index is 14.0. The van der Waals surface area contributed by atoms with Gasteiger partial charge in [0.15, 0.2) is 17.2 Å².